The van der Waals surface area contributed by atoms with Gasteiger partial charge in [-0.1, -0.05) is 60.7 Å². The summed E-state index contributed by atoms with van der Waals surface area (Å²) in [6, 6.07) is 25.3. The Kier molecular flexibility index (Phi) is 5.64. The van der Waals surface area contributed by atoms with Crippen molar-refractivity contribution in [3.05, 3.63) is 90.0 Å². The summed E-state index contributed by atoms with van der Waals surface area (Å²) >= 11 is 0. The smallest absolute Gasteiger partial charge is 0.256 e. The molecule has 1 N–H and O–H groups in total. The number of amides is 3. The number of carbonyl (C=O) groups is 3. The molecular formula is C30H27N3O3. The Hall–Kier alpha value is -4.19. The average molecular weight is 478 g/mol. The van der Waals surface area contributed by atoms with Crippen LogP contribution >= 0.6 is 0 Å². The van der Waals surface area contributed by atoms with Crippen molar-refractivity contribution >= 4 is 45.0 Å². The Balaban J connectivity index is 1.22. The molecule has 0 atom stereocenters. The van der Waals surface area contributed by atoms with Gasteiger partial charge in [-0.25, -0.2) is 0 Å². The number of benzene rings is 4. The number of piperazine rings is 1. The summed E-state index contributed by atoms with van der Waals surface area (Å²) in [6.45, 7) is 1.81. The maximum absolute atomic E-state index is 13.6. The summed E-state index contributed by atoms with van der Waals surface area (Å²) in [6.07, 6.45) is 1.80. The van der Waals surface area contributed by atoms with Crippen molar-refractivity contribution in [3.63, 3.8) is 0 Å². The van der Waals surface area contributed by atoms with E-state index in [4.69, 9.17) is 0 Å². The van der Waals surface area contributed by atoms with Crippen molar-refractivity contribution in [2.75, 3.05) is 31.5 Å². The molecule has 0 spiro atoms. The van der Waals surface area contributed by atoms with Crippen molar-refractivity contribution in [1.29, 1.82) is 0 Å². The number of rotatable bonds is 4. The minimum atomic E-state index is -0.121. The molecule has 36 heavy (non-hydrogen) atoms. The summed E-state index contributed by atoms with van der Waals surface area (Å²) in [5.41, 5.74) is 1.74. The second-order valence-electron chi connectivity index (χ2n) is 9.62. The number of anilines is 1. The molecule has 2 aliphatic rings. The molecule has 3 amide bonds. The zero-order valence-corrected chi connectivity index (χ0v) is 19.9. The monoisotopic (exact) mass is 477 g/mol. The van der Waals surface area contributed by atoms with Crippen molar-refractivity contribution in [1.82, 2.24) is 9.80 Å². The Bertz CT molecular complexity index is 1490. The Morgan fingerprint density at radius 3 is 1.86 bits per heavy atom. The van der Waals surface area contributed by atoms with E-state index < -0.39 is 0 Å². The van der Waals surface area contributed by atoms with Gasteiger partial charge in [0.2, 0.25) is 5.91 Å². The van der Waals surface area contributed by atoms with Crippen LogP contribution in [-0.4, -0.2) is 53.7 Å². The van der Waals surface area contributed by atoms with Crippen LogP contribution in [-0.2, 0) is 4.79 Å². The van der Waals surface area contributed by atoms with Crippen LogP contribution in [0.5, 0.6) is 0 Å². The van der Waals surface area contributed by atoms with Crippen LogP contribution in [0, 0.1) is 5.92 Å². The Labute approximate surface area is 209 Å². The van der Waals surface area contributed by atoms with Gasteiger partial charge in [-0.3, -0.25) is 14.4 Å². The van der Waals surface area contributed by atoms with Crippen LogP contribution in [0.4, 0.5) is 5.69 Å². The number of nitrogens with one attached hydrogen (secondary N) is 1. The van der Waals surface area contributed by atoms with Crippen LogP contribution < -0.4 is 5.32 Å². The van der Waals surface area contributed by atoms with E-state index in [0.717, 1.165) is 34.4 Å². The second kappa shape index (κ2) is 9.11. The summed E-state index contributed by atoms with van der Waals surface area (Å²) < 4.78 is 0. The highest BCUT2D eigenvalue weighted by molar-refractivity contribution is 6.09. The number of carbonyl (C=O) groups excluding carboxylic acids is 3. The van der Waals surface area contributed by atoms with E-state index in [0.29, 0.717) is 43.0 Å². The van der Waals surface area contributed by atoms with Crippen molar-refractivity contribution in [2.24, 2.45) is 5.92 Å². The lowest BCUT2D eigenvalue weighted by Crippen LogP contribution is -2.50. The third-order valence-electron chi connectivity index (χ3n) is 7.20. The summed E-state index contributed by atoms with van der Waals surface area (Å²) in [4.78, 5) is 43.1. The molecule has 6 nitrogen and oxygen atoms in total. The molecule has 2 fully saturated rings. The Morgan fingerprint density at radius 1 is 0.639 bits per heavy atom. The standard InChI is InChI=1S/C30H27N3O3/c34-28(21-12-13-21)31-27-19-23-8-2-1-7-22(23)18-26(27)30(36)33-16-14-32(15-17-33)29(35)25-11-5-9-20-6-3-4-10-24(20)25/h1-11,18-19,21H,12-17H2,(H,31,34). The molecule has 0 unspecified atom stereocenters. The zero-order chi connectivity index (χ0) is 24.6. The third kappa shape index (κ3) is 4.19. The number of hydrogen-bond acceptors (Lipinski definition) is 3. The van der Waals surface area contributed by atoms with Gasteiger partial charge in [-0.05, 0) is 52.6 Å². The molecule has 1 heterocycles. The third-order valence-corrected chi connectivity index (χ3v) is 7.20. The first-order valence-electron chi connectivity index (χ1n) is 12.5. The van der Waals surface area contributed by atoms with Crippen LogP contribution in [0.15, 0.2) is 78.9 Å². The minimum absolute atomic E-state index is 0.0120. The van der Waals surface area contributed by atoms with Gasteiger partial charge in [0.25, 0.3) is 11.8 Å². The van der Waals surface area contributed by atoms with Crippen LogP contribution in [0.1, 0.15) is 33.6 Å². The number of hydrogen-bond donors (Lipinski definition) is 1. The predicted molar refractivity (Wildman–Crippen MR) is 141 cm³/mol. The fourth-order valence-electron chi connectivity index (χ4n) is 4.97. The van der Waals surface area contributed by atoms with Gasteiger partial charge in [0, 0.05) is 37.7 Å². The maximum Gasteiger partial charge on any atom is 0.256 e. The number of fused-ring (bicyclic) bond motifs is 2. The van der Waals surface area contributed by atoms with Gasteiger partial charge in [0.1, 0.15) is 0 Å². The molecule has 6 heteroatoms. The van der Waals surface area contributed by atoms with Gasteiger partial charge in [-0.2, -0.15) is 0 Å². The molecule has 6 rings (SSSR count). The highest BCUT2D eigenvalue weighted by Gasteiger charge is 2.32. The fourth-order valence-corrected chi connectivity index (χ4v) is 4.97. The molecule has 1 aliphatic carbocycles. The minimum Gasteiger partial charge on any atom is -0.335 e. The second-order valence-corrected chi connectivity index (χ2v) is 9.62. The summed E-state index contributed by atoms with van der Waals surface area (Å²) in [7, 11) is 0. The number of nitrogens with zero attached hydrogens (tertiary/aromatic N) is 2. The Morgan fingerprint density at radius 2 is 1.19 bits per heavy atom. The van der Waals surface area contributed by atoms with Crippen molar-refractivity contribution < 1.29 is 14.4 Å². The molecule has 1 saturated carbocycles. The quantitative estimate of drug-likeness (QED) is 0.453. The first kappa shape index (κ1) is 22.3. The predicted octanol–water partition coefficient (Wildman–Crippen LogP) is 4.94. The molecular weight excluding hydrogens is 450 g/mol. The topological polar surface area (TPSA) is 69.7 Å². The highest BCUT2D eigenvalue weighted by Crippen LogP contribution is 2.32. The zero-order valence-electron chi connectivity index (χ0n) is 19.9. The lowest BCUT2D eigenvalue weighted by atomic mass is 10.0. The molecule has 1 saturated heterocycles. The van der Waals surface area contributed by atoms with Gasteiger partial charge < -0.3 is 15.1 Å². The van der Waals surface area contributed by atoms with Gasteiger partial charge in [0.05, 0.1) is 11.3 Å². The van der Waals surface area contributed by atoms with E-state index in [-0.39, 0.29) is 23.6 Å². The van der Waals surface area contributed by atoms with E-state index in [9.17, 15) is 14.4 Å². The van der Waals surface area contributed by atoms with Crippen LogP contribution in [0.3, 0.4) is 0 Å². The molecule has 180 valence electrons. The SMILES string of the molecule is O=C(Nc1cc2ccccc2cc1C(=O)N1CCN(C(=O)c2cccc3ccccc23)CC1)C1CC1. The first-order chi connectivity index (χ1) is 17.6. The fraction of sp³-hybridized carbons (Fsp3) is 0.233. The van der Waals surface area contributed by atoms with E-state index >= 15 is 0 Å². The molecule has 0 bridgehead atoms. The van der Waals surface area contributed by atoms with E-state index in [1.54, 1.807) is 4.90 Å². The van der Waals surface area contributed by atoms with E-state index in [2.05, 4.69) is 5.32 Å². The molecule has 0 radical (unpaired) electrons. The maximum atomic E-state index is 13.6. The van der Waals surface area contributed by atoms with Crippen LogP contribution in [0.25, 0.3) is 21.5 Å². The summed E-state index contributed by atoms with van der Waals surface area (Å²) in [5, 5.41) is 6.91. The molecule has 4 aromatic carbocycles. The normalized spacial score (nSPS) is 15.8. The van der Waals surface area contributed by atoms with Crippen LogP contribution in [0.2, 0.25) is 0 Å². The van der Waals surface area contributed by atoms with E-state index in [1.807, 2.05) is 83.8 Å². The highest BCUT2D eigenvalue weighted by atomic mass is 16.2. The van der Waals surface area contributed by atoms with Crippen molar-refractivity contribution in [2.45, 2.75) is 12.8 Å². The van der Waals surface area contributed by atoms with Gasteiger partial charge >= 0.3 is 0 Å². The molecule has 0 aromatic heterocycles. The molecule has 4 aromatic rings. The lowest BCUT2D eigenvalue weighted by molar-refractivity contribution is -0.117. The first-order valence-corrected chi connectivity index (χ1v) is 12.5. The van der Waals surface area contributed by atoms with E-state index in [1.165, 1.54) is 0 Å². The summed E-state index contributed by atoms with van der Waals surface area (Å²) in [5.74, 6) is -0.112. The average Bonchev–Trinajstić information content (AvgIpc) is 3.78. The lowest BCUT2D eigenvalue weighted by Gasteiger charge is -2.35. The van der Waals surface area contributed by atoms with Crippen molar-refractivity contribution in [3.8, 4) is 0 Å². The molecule has 1 aliphatic heterocycles. The van der Waals surface area contributed by atoms with Gasteiger partial charge in [-0.15, -0.1) is 0 Å². The largest absolute Gasteiger partial charge is 0.335 e. The van der Waals surface area contributed by atoms with Gasteiger partial charge in [0.15, 0.2) is 0 Å².